The molecular formula is C19H24N4O. The Hall–Kier alpha value is -2.43. The number of aromatic nitrogens is 2. The van der Waals surface area contributed by atoms with Crippen LogP contribution in [0, 0.1) is 0 Å². The summed E-state index contributed by atoms with van der Waals surface area (Å²) >= 11 is 0. The Kier molecular flexibility index (Phi) is 5.08. The van der Waals surface area contributed by atoms with Crippen molar-refractivity contribution in [3.8, 4) is 0 Å². The zero-order valence-electron chi connectivity index (χ0n) is 14.4. The molecule has 1 aromatic heterocycles. The summed E-state index contributed by atoms with van der Waals surface area (Å²) < 4.78 is 0. The first kappa shape index (κ1) is 16.4. The standard InChI is InChI=1S/C19H24N4O/c1-15(2)23(14-16-8-4-3-5-9-16)19-20-12-17(13-21-19)18(24)22-10-6-7-11-22/h3-5,8-9,12-13,15H,6-7,10-11,14H2,1-2H3. The van der Waals surface area contributed by atoms with Gasteiger partial charge in [0.05, 0.1) is 5.56 Å². The summed E-state index contributed by atoms with van der Waals surface area (Å²) in [5.74, 6) is 0.699. The van der Waals surface area contributed by atoms with Gasteiger partial charge in [0.15, 0.2) is 0 Å². The molecule has 0 bridgehead atoms. The van der Waals surface area contributed by atoms with Crippen LogP contribution in [0.5, 0.6) is 0 Å². The van der Waals surface area contributed by atoms with Crippen molar-refractivity contribution < 1.29 is 4.79 Å². The van der Waals surface area contributed by atoms with Crippen LogP contribution < -0.4 is 4.90 Å². The van der Waals surface area contributed by atoms with Gasteiger partial charge in [-0.1, -0.05) is 30.3 Å². The summed E-state index contributed by atoms with van der Waals surface area (Å²) in [6.45, 7) is 6.67. The van der Waals surface area contributed by atoms with Crippen LogP contribution in [0.3, 0.4) is 0 Å². The minimum absolute atomic E-state index is 0.0400. The highest BCUT2D eigenvalue weighted by molar-refractivity contribution is 5.93. The minimum atomic E-state index is 0.0400. The number of amides is 1. The van der Waals surface area contributed by atoms with Gasteiger partial charge in [-0.15, -0.1) is 0 Å². The van der Waals surface area contributed by atoms with Crippen LogP contribution in [0.25, 0.3) is 0 Å². The molecule has 0 atom stereocenters. The maximum absolute atomic E-state index is 12.4. The number of benzene rings is 1. The molecule has 5 heteroatoms. The monoisotopic (exact) mass is 324 g/mol. The molecule has 0 unspecified atom stereocenters. The minimum Gasteiger partial charge on any atom is -0.339 e. The molecule has 0 aliphatic carbocycles. The quantitative estimate of drug-likeness (QED) is 0.848. The molecule has 1 aliphatic rings. The average Bonchev–Trinajstić information content (AvgIpc) is 3.14. The molecule has 2 aromatic rings. The zero-order valence-corrected chi connectivity index (χ0v) is 14.4. The van der Waals surface area contributed by atoms with E-state index in [1.807, 2.05) is 23.1 Å². The highest BCUT2D eigenvalue weighted by Gasteiger charge is 2.21. The van der Waals surface area contributed by atoms with E-state index in [0.29, 0.717) is 11.5 Å². The SMILES string of the molecule is CC(C)N(Cc1ccccc1)c1ncc(C(=O)N2CCCC2)cn1. The Bertz CT molecular complexity index is 664. The average molecular weight is 324 g/mol. The number of rotatable bonds is 5. The first-order valence-electron chi connectivity index (χ1n) is 8.57. The van der Waals surface area contributed by atoms with E-state index in [9.17, 15) is 4.79 Å². The lowest BCUT2D eigenvalue weighted by molar-refractivity contribution is 0.0792. The molecule has 0 radical (unpaired) electrons. The van der Waals surface area contributed by atoms with Crippen molar-refractivity contribution in [2.75, 3.05) is 18.0 Å². The summed E-state index contributed by atoms with van der Waals surface area (Å²) in [6.07, 6.45) is 5.48. The fourth-order valence-electron chi connectivity index (χ4n) is 2.95. The lowest BCUT2D eigenvalue weighted by atomic mass is 10.2. The predicted molar refractivity (Wildman–Crippen MR) is 94.9 cm³/mol. The number of hydrogen-bond donors (Lipinski definition) is 0. The van der Waals surface area contributed by atoms with Crippen LogP contribution in [0.2, 0.25) is 0 Å². The van der Waals surface area contributed by atoms with Crippen LogP contribution in [0.1, 0.15) is 42.6 Å². The number of carbonyl (C=O) groups excluding carboxylic acids is 1. The van der Waals surface area contributed by atoms with Gasteiger partial charge in [0.25, 0.3) is 5.91 Å². The van der Waals surface area contributed by atoms with Gasteiger partial charge in [-0.25, -0.2) is 9.97 Å². The third-order valence-electron chi connectivity index (χ3n) is 4.35. The number of anilines is 1. The van der Waals surface area contributed by atoms with Crippen molar-refractivity contribution in [2.24, 2.45) is 0 Å². The van der Waals surface area contributed by atoms with Crippen LogP contribution >= 0.6 is 0 Å². The highest BCUT2D eigenvalue weighted by atomic mass is 16.2. The van der Waals surface area contributed by atoms with Crippen molar-refractivity contribution in [3.63, 3.8) is 0 Å². The number of carbonyl (C=O) groups is 1. The second-order valence-electron chi connectivity index (χ2n) is 6.48. The summed E-state index contributed by atoms with van der Waals surface area (Å²) in [6, 6.07) is 10.5. The molecule has 0 saturated carbocycles. The highest BCUT2D eigenvalue weighted by Crippen LogP contribution is 2.17. The predicted octanol–water partition coefficient (Wildman–Crippen LogP) is 3.13. The van der Waals surface area contributed by atoms with Gasteiger partial charge in [-0.05, 0) is 32.3 Å². The van der Waals surface area contributed by atoms with Crippen LogP contribution in [-0.4, -0.2) is 39.9 Å². The summed E-state index contributed by atoms with van der Waals surface area (Å²) in [7, 11) is 0. The number of likely N-dealkylation sites (tertiary alicyclic amines) is 1. The van der Waals surface area contributed by atoms with Crippen molar-refractivity contribution in [1.82, 2.24) is 14.9 Å². The Morgan fingerprint density at radius 2 is 1.75 bits per heavy atom. The lowest BCUT2D eigenvalue weighted by Crippen LogP contribution is -2.32. The van der Waals surface area contributed by atoms with Crippen molar-refractivity contribution in [1.29, 1.82) is 0 Å². The fraction of sp³-hybridized carbons (Fsp3) is 0.421. The van der Waals surface area contributed by atoms with Crippen LogP contribution in [0.15, 0.2) is 42.7 Å². The Morgan fingerprint density at radius 3 is 2.33 bits per heavy atom. The van der Waals surface area contributed by atoms with E-state index >= 15 is 0 Å². The third-order valence-corrected chi connectivity index (χ3v) is 4.35. The van der Waals surface area contributed by atoms with E-state index < -0.39 is 0 Å². The van der Waals surface area contributed by atoms with E-state index in [4.69, 9.17) is 0 Å². The molecule has 1 amide bonds. The molecule has 5 nitrogen and oxygen atoms in total. The first-order chi connectivity index (χ1) is 11.6. The molecule has 1 saturated heterocycles. The van der Waals surface area contributed by atoms with Crippen molar-refractivity contribution in [3.05, 3.63) is 53.9 Å². The second-order valence-corrected chi connectivity index (χ2v) is 6.48. The van der Waals surface area contributed by atoms with E-state index in [1.165, 1.54) is 5.56 Å². The second kappa shape index (κ2) is 7.43. The molecule has 1 fully saturated rings. The number of hydrogen-bond acceptors (Lipinski definition) is 4. The normalized spacial score (nSPS) is 14.2. The molecule has 24 heavy (non-hydrogen) atoms. The van der Waals surface area contributed by atoms with Crippen LogP contribution in [0.4, 0.5) is 5.95 Å². The lowest BCUT2D eigenvalue weighted by Gasteiger charge is -2.27. The van der Waals surface area contributed by atoms with Crippen LogP contribution in [-0.2, 0) is 6.54 Å². The van der Waals surface area contributed by atoms with E-state index in [-0.39, 0.29) is 11.9 Å². The summed E-state index contributed by atoms with van der Waals surface area (Å²) in [5.41, 5.74) is 1.79. The molecule has 2 heterocycles. The first-order valence-corrected chi connectivity index (χ1v) is 8.57. The van der Waals surface area contributed by atoms with Gasteiger partial charge in [0.1, 0.15) is 0 Å². The van der Waals surface area contributed by atoms with Crippen molar-refractivity contribution >= 4 is 11.9 Å². The van der Waals surface area contributed by atoms with E-state index in [2.05, 4.69) is 40.8 Å². The Morgan fingerprint density at radius 1 is 1.12 bits per heavy atom. The molecule has 1 aliphatic heterocycles. The van der Waals surface area contributed by atoms with Gasteiger partial charge in [-0.3, -0.25) is 4.79 Å². The van der Waals surface area contributed by atoms with Gasteiger partial charge in [-0.2, -0.15) is 0 Å². The van der Waals surface area contributed by atoms with Gasteiger partial charge < -0.3 is 9.80 Å². The molecule has 126 valence electrons. The topological polar surface area (TPSA) is 49.3 Å². The number of nitrogens with zero attached hydrogens (tertiary/aromatic N) is 4. The maximum Gasteiger partial charge on any atom is 0.256 e. The Labute approximate surface area is 143 Å². The molecule has 3 rings (SSSR count). The van der Waals surface area contributed by atoms with Gasteiger partial charge >= 0.3 is 0 Å². The van der Waals surface area contributed by atoms with Gasteiger partial charge in [0, 0.05) is 38.1 Å². The third kappa shape index (κ3) is 3.72. The molecular weight excluding hydrogens is 300 g/mol. The maximum atomic E-state index is 12.4. The molecule has 1 aromatic carbocycles. The summed E-state index contributed by atoms with van der Waals surface area (Å²) in [4.78, 5) is 25.3. The fourth-order valence-corrected chi connectivity index (χ4v) is 2.95. The molecule has 0 N–H and O–H groups in total. The Balaban J connectivity index is 1.75. The molecule has 0 spiro atoms. The smallest absolute Gasteiger partial charge is 0.256 e. The summed E-state index contributed by atoms with van der Waals surface area (Å²) in [5, 5.41) is 0. The van der Waals surface area contributed by atoms with Crippen molar-refractivity contribution in [2.45, 2.75) is 39.3 Å². The zero-order chi connectivity index (χ0) is 16.9. The van der Waals surface area contributed by atoms with E-state index in [0.717, 1.165) is 32.5 Å². The largest absolute Gasteiger partial charge is 0.339 e. The van der Waals surface area contributed by atoms with Gasteiger partial charge in [0.2, 0.25) is 5.95 Å². The van der Waals surface area contributed by atoms with E-state index in [1.54, 1.807) is 12.4 Å².